The van der Waals surface area contributed by atoms with Crippen LogP contribution < -0.4 is 10.6 Å². The molecule has 0 unspecified atom stereocenters. The van der Waals surface area contributed by atoms with Crippen molar-refractivity contribution in [2.75, 3.05) is 6.61 Å². The monoisotopic (exact) mass is 424 g/mol. The van der Waals surface area contributed by atoms with Crippen molar-refractivity contribution in [3.05, 3.63) is 71.8 Å². The Morgan fingerprint density at radius 2 is 1.68 bits per heavy atom. The molecular formula is C24H28N2O5. The second-order valence-corrected chi connectivity index (χ2v) is 7.50. The van der Waals surface area contributed by atoms with E-state index in [1.165, 1.54) is 0 Å². The number of hydrogen-bond acceptors (Lipinski definition) is 6. The quantitative estimate of drug-likeness (QED) is 0.568. The standard InChI is InChI=1S/C24H28N2O5/c1-2-30-24(29)21(13-17-9-5-3-6-10-17)25-19-14-22(27)26-20(19)15-23(28)31-16-18-11-7-4-8-12-18/h3-12,19-21,25H,2,13-16H2,1H3,(H,26,27)/t19-,20-,21-/m0/s1. The molecule has 0 saturated carbocycles. The van der Waals surface area contributed by atoms with E-state index in [1.807, 2.05) is 60.7 Å². The number of hydrogen-bond donors (Lipinski definition) is 2. The number of amides is 1. The van der Waals surface area contributed by atoms with E-state index in [9.17, 15) is 14.4 Å². The van der Waals surface area contributed by atoms with E-state index in [0.717, 1.165) is 11.1 Å². The molecule has 1 fully saturated rings. The Bertz CT molecular complexity index is 872. The fourth-order valence-electron chi connectivity index (χ4n) is 3.61. The lowest BCUT2D eigenvalue weighted by Gasteiger charge is -2.25. The Morgan fingerprint density at radius 1 is 1.03 bits per heavy atom. The van der Waals surface area contributed by atoms with Crippen LogP contribution in [0.1, 0.15) is 30.9 Å². The van der Waals surface area contributed by atoms with Gasteiger partial charge in [0.15, 0.2) is 0 Å². The number of carbonyl (C=O) groups is 3. The SMILES string of the molecule is CCOC(=O)[C@H](Cc1ccccc1)N[C@H]1CC(=O)N[C@H]1CC(=O)OCc1ccccc1. The molecule has 2 N–H and O–H groups in total. The first-order valence-electron chi connectivity index (χ1n) is 10.5. The number of ether oxygens (including phenoxy) is 2. The zero-order chi connectivity index (χ0) is 22.1. The van der Waals surface area contributed by atoms with Crippen LogP contribution in [0, 0.1) is 0 Å². The molecule has 31 heavy (non-hydrogen) atoms. The summed E-state index contributed by atoms with van der Waals surface area (Å²) >= 11 is 0. The van der Waals surface area contributed by atoms with Crippen LogP contribution in [0.4, 0.5) is 0 Å². The molecule has 1 aliphatic heterocycles. The highest BCUT2D eigenvalue weighted by Gasteiger charge is 2.37. The molecule has 0 bridgehead atoms. The molecule has 0 radical (unpaired) electrons. The largest absolute Gasteiger partial charge is 0.465 e. The van der Waals surface area contributed by atoms with Gasteiger partial charge in [0, 0.05) is 12.5 Å². The van der Waals surface area contributed by atoms with Crippen LogP contribution >= 0.6 is 0 Å². The van der Waals surface area contributed by atoms with Gasteiger partial charge < -0.3 is 14.8 Å². The van der Waals surface area contributed by atoms with Crippen molar-refractivity contribution < 1.29 is 23.9 Å². The normalized spacial score (nSPS) is 18.8. The van der Waals surface area contributed by atoms with Crippen molar-refractivity contribution in [1.82, 2.24) is 10.6 Å². The molecule has 3 atom stereocenters. The van der Waals surface area contributed by atoms with Crippen molar-refractivity contribution in [2.24, 2.45) is 0 Å². The van der Waals surface area contributed by atoms with E-state index < -0.39 is 18.1 Å². The minimum absolute atomic E-state index is 0.0249. The predicted octanol–water partition coefficient (Wildman–Crippen LogP) is 2.14. The van der Waals surface area contributed by atoms with Gasteiger partial charge in [-0.2, -0.15) is 0 Å². The molecule has 2 aromatic carbocycles. The van der Waals surface area contributed by atoms with Crippen LogP contribution in [0.15, 0.2) is 60.7 Å². The fraction of sp³-hybridized carbons (Fsp3) is 0.375. The summed E-state index contributed by atoms with van der Waals surface area (Å²) < 4.78 is 10.6. The molecule has 1 amide bonds. The van der Waals surface area contributed by atoms with Crippen molar-refractivity contribution in [1.29, 1.82) is 0 Å². The zero-order valence-corrected chi connectivity index (χ0v) is 17.6. The van der Waals surface area contributed by atoms with Crippen molar-refractivity contribution >= 4 is 17.8 Å². The van der Waals surface area contributed by atoms with Crippen molar-refractivity contribution in [3.8, 4) is 0 Å². The number of esters is 2. The predicted molar refractivity (Wildman–Crippen MR) is 115 cm³/mol. The van der Waals surface area contributed by atoms with Crippen LogP contribution in [0.3, 0.4) is 0 Å². The molecule has 1 aliphatic rings. The summed E-state index contributed by atoms with van der Waals surface area (Å²) in [7, 11) is 0. The summed E-state index contributed by atoms with van der Waals surface area (Å²) in [5.74, 6) is -0.949. The van der Waals surface area contributed by atoms with Gasteiger partial charge in [0.2, 0.25) is 5.91 Å². The Hall–Kier alpha value is -3.19. The maximum absolute atomic E-state index is 12.5. The van der Waals surface area contributed by atoms with Crippen LogP contribution in [0.2, 0.25) is 0 Å². The fourth-order valence-corrected chi connectivity index (χ4v) is 3.61. The van der Waals surface area contributed by atoms with Gasteiger partial charge >= 0.3 is 11.9 Å². The van der Waals surface area contributed by atoms with Gasteiger partial charge in [0.1, 0.15) is 12.6 Å². The van der Waals surface area contributed by atoms with Gasteiger partial charge in [-0.15, -0.1) is 0 Å². The van der Waals surface area contributed by atoms with Gasteiger partial charge in [-0.25, -0.2) is 0 Å². The smallest absolute Gasteiger partial charge is 0.323 e. The van der Waals surface area contributed by atoms with Crippen LogP contribution in [0.5, 0.6) is 0 Å². The highest BCUT2D eigenvalue weighted by Crippen LogP contribution is 2.16. The highest BCUT2D eigenvalue weighted by atomic mass is 16.5. The Kier molecular flexibility index (Phi) is 8.18. The topological polar surface area (TPSA) is 93.7 Å². The lowest BCUT2D eigenvalue weighted by molar-refractivity contribution is -0.146. The summed E-state index contributed by atoms with van der Waals surface area (Å²) in [6.45, 7) is 2.20. The molecule has 0 aliphatic carbocycles. The van der Waals surface area contributed by atoms with E-state index in [2.05, 4.69) is 10.6 Å². The maximum Gasteiger partial charge on any atom is 0.323 e. The molecule has 1 heterocycles. The first-order chi connectivity index (χ1) is 15.0. The van der Waals surface area contributed by atoms with Gasteiger partial charge in [-0.05, 0) is 24.5 Å². The van der Waals surface area contributed by atoms with Crippen LogP contribution in [0.25, 0.3) is 0 Å². The zero-order valence-electron chi connectivity index (χ0n) is 17.6. The lowest BCUT2D eigenvalue weighted by atomic mass is 10.0. The Balaban J connectivity index is 1.61. The van der Waals surface area contributed by atoms with Crippen LogP contribution in [-0.4, -0.2) is 42.6 Å². The summed E-state index contributed by atoms with van der Waals surface area (Å²) in [6, 6.07) is 17.5. The van der Waals surface area contributed by atoms with Gasteiger partial charge in [0.25, 0.3) is 0 Å². The van der Waals surface area contributed by atoms with Crippen molar-refractivity contribution in [2.45, 2.75) is 50.9 Å². The molecule has 2 aromatic rings. The number of carbonyl (C=O) groups excluding carboxylic acids is 3. The minimum atomic E-state index is -0.622. The van der Waals surface area contributed by atoms with Crippen molar-refractivity contribution in [3.63, 3.8) is 0 Å². The average molecular weight is 424 g/mol. The molecule has 1 saturated heterocycles. The van der Waals surface area contributed by atoms with E-state index in [-0.39, 0.29) is 44.0 Å². The first-order valence-corrected chi connectivity index (χ1v) is 10.5. The van der Waals surface area contributed by atoms with Gasteiger partial charge in [-0.3, -0.25) is 19.7 Å². The second kappa shape index (κ2) is 11.3. The maximum atomic E-state index is 12.5. The number of nitrogens with one attached hydrogen (secondary N) is 2. The van der Waals surface area contributed by atoms with Gasteiger partial charge in [0.05, 0.1) is 19.1 Å². The summed E-state index contributed by atoms with van der Waals surface area (Å²) in [5, 5.41) is 6.06. The van der Waals surface area contributed by atoms with Crippen LogP contribution in [-0.2, 0) is 36.9 Å². The number of rotatable bonds is 10. The second-order valence-electron chi connectivity index (χ2n) is 7.50. The Labute approximate surface area is 182 Å². The number of benzene rings is 2. The average Bonchev–Trinajstić information content (AvgIpc) is 3.12. The molecule has 0 aromatic heterocycles. The minimum Gasteiger partial charge on any atom is -0.465 e. The van der Waals surface area contributed by atoms with E-state index >= 15 is 0 Å². The molecule has 7 heteroatoms. The van der Waals surface area contributed by atoms with Gasteiger partial charge in [-0.1, -0.05) is 60.7 Å². The molecule has 0 spiro atoms. The summed E-state index contributed by atoms with van der Waals surface area (Å²) in [4.78, 5) is 36.9. The lowest BCUT2D eigenvalue weighted by Crippen LogP contribution is -2.50. The first kappa shape index (κ1) is 22.5. The third-order valence-corrected chi connectivity index (χ3v) is 5.14. The summed E-state index contributed by atoms with van der Waals surface area (Å²) in [5.41, 5.74) is 1.87. The van der Waals surface area contributed by atoms with E-state index in [4.69, 9.17) is 9.47 Å². The Morgan fingerprint density at radius 3 is 2.32 bits per heavy atom. The molecular weight excluding hydrogens is 396 g/mol. The molecule has 7 nitrogen and oxygen atoms in total. The van der Waals surface area contributed by atoms with E-state index in [0.29, 0.717) is 6.42 Å². The molecule has 164 valence electrons. The van der Waals surface area contributed by atoms with E-state index in [1.54, 1.807) is 6.92 Å². The third kappa shape index (κ3) is 6.93. The molecule has 3 rings (SSSR count). The highest BCUT2D eigenvalue weighted by molar-refractivity contribution is 5.82. The third-order valence-electron chi connectivity index (χ3n) is 5.14. The summed E-state index contributed by atoms with van der Waals surface area (Å²) in [6.07, 6.45) is 0.633.